The molecule has 2 amide bonds. The van der Waals surface area contributed by atoms with Gasteiger partial charge in [-0.1, -0.05) is 66.7 Å². The molecular weight excluding hydrogens is 471 g/mol. The maximum absolute atomic E-state index is 13.6. The Balaban J connectivity index is 1.11. The Bertz CT molecular complexity index is 1310. The first-order chi connectivity index (χ1) is 17.9. The van der Waals surface area contributed by atoms with E-state index in [0.29, 0.717) is 25.8 Å². The first-order valence-corrected chi connectivity index (χ1v) is 12.7. The van der Waals surface area contributed by atoms with Crippen molar-refractivity contribution in [1.82, 2.24) is 9.80 Å². The molecule has 1 aliphatic heterocycles. The van der Waals surface area contributed by atoms with Crippen molar-refractivity contribution < 1.29 is 23.5 Å². The molecule has 2 bridgehead atoms. The van der Waals surface area contributed by atoms with Crippen LogP contribution in [0.3, 0.4) is 0 Å². The lowest BCUT2D eigenvalue weighted by atomic mass is 9.45. The summed E-state index contributed by atoms with van der Waals surface area (Å²) in [6, 6.07) is 23.6. The molecule has 3 fully saturated rings. The number of hydrogen-bond donors (Lipinski definition) is 0. The van der Waals surface area contributed by atoms with Gasteiger partial charge in [-0.25, -0.2) is 14.0 Å². The molecule has 0 unspecified atom stereocenters. The summed E-state index contributed by atoms with van der Waals surface area (Å²) in [5.41, 5.74) is 3.13. The van der Waals surface area contributed by atoms with Gasteiger partial charge in [-0.05, 0) is 40.8 Å². The molecule has 0 saturated heterocycles. The van der Waals surface area contributed by atoms with Gasteiger partial charge in [-0.15, -0.1) is 0 Å². The molecule has 6 nitrogen and oxygen atoms in total. The molecule has 7 heteroatoms. The fraction of sp³-hybridized carbons (Fsp3) is 0.333. The van der Waals surface area contributed by atoms with Gasteiger partial charge in [0.05, 0.1) is 11.6 Å². The average molecular weight is 501 g/mol. The minimum atomic E-state index is -0.546. The first kappa shape index (κ1) is 23.5. The summed E-state index contributed by atoms with van der Waals surface area (Å²) in [4.78, 5) is 29.5. The average Bonchev–Trinajstić information content (AvgIpc) is 2.88. The number of carbonyl (C=O) groups excluding carboxylic acids is 2. The number of rotatable bonds is 5. The molecule has 3 aromatic rings. The third kappa shape index (κ3) is 4.12. The summed E-state index contributed by atoms with van der Waals surface area (Å²) in [6.45, 7) is 0.742. The minimum absolute atomic E-state index is 0.224. The molecule has 0 N–H and O–H groups in total. The number of hydrogen-bond acceptors (Lipinski definition) is 4. The fourth-order valence-corrected chi connectivity index (χ4v) is 6.13. The van der Waals surface area contributed by atoms with Crippen LogP contribution in [0.15, 0.2) is 78.9 Å². The summed E-state index contributed by atoms with van der Waals surface area (Å²) >= 11 is 0. The number of amides is 2. The predicted octanol–water partition coefficient (Wildman–Crippen LogP) is 5.85. The van der Waals surface area contributed by atoms with Crippen molar-refractivity contribution in [2.75, 3.05) is 13.6 Å². The fourth-order valence-electron chi connectivity index (χ4n) is 6.13. The Labute approximate surface area is 215 Å². The Hall–Kier alpha value is -3.87. The highest BCUT2D eigenvalue weighted by atomic mass is 19.1. The lowest BCUT2D eigenvalue weighted by Gasteiger charge is -2.70. The first-order valence-electron chi connectivity index (χ1n) is 12.7. The summed E-state index contributed by atoms with van der Waals surface area (Å²) < 4.78 is 25.2. The van der Waals surface area contributed by atoms with Crippen LogP contribution >= 0.6 is 0 Å². The maximum Gasteiger partial charge on any atom is 0.411 e. The van der Waals surface area contributed by atoms with Gasteiger partial charge in [-0.2, -0.15) is 0 Å². The van der Waals surface area contributed by atoms with E-state index in [-0.39, 0.29) is 36.2 Å². The van der Waals surface area contributed by atoms with E-state index in [1.807, 2.05) is 48.5 Å². The van der Waals surface area contributed by atoms with Gasteiger partial charge in [0.1, 0.15) is 18.0 Å². The number of nitrogens with zero attached hydrogens (tertiary/aromatic N) is 2. The van der Waals surface area contributed by atoms with Crippen molar-refractivity contribution in [3.8, 4) is 0 Å². The quantitative estimate of drug-likeness (QED) is 0.441. The molecule has 4 aliphatic rings. The lowest BCUT2D eigenvalue weighted by Crippen LogP contribution is -2.80. The smallest absolute Gasteiger partial charge is 0.411 e. The Morgan fingerprint density at radius 1 is 0.973 bits per heavy atom. The predicted molar refractivity (Wildman–Crippen MR) is 135 cm³/mol. The zero-order valence-corrected chi connectivity index (χ0v) is 20.7. The number of carbonyl (C=O) groups is 2. The van der Waals surface area contributed by atoms with Crippen LogP contribution in [0.5, 0.6) is 0 Å². The second kappa shape index (κ2) is 8.91. The zero-order chi connectivity index (χ0) is 25.6. The topological polar surface area (TPSA) is 59.1 Å². The van der Waals surface area contributed by atoms with Crippen LogP contribution in [0, 0.1) is 5.82 Å². The summed E-state index contributed by atoms with van der Waals surface area (Å²) in [5, 5.41) is 0. The number of ether oxygens (including phenoxy) is 2. The Kier molecular flexibility index (Phi) is 5.66. The largest absolute Gasteiger partial charge is 0.445 e. The van der Waals surface area contributed by atoms with Crippen molar-refractivity contribution in [2.45, 2.75) is 49.5 Å². The maximum atomic E-state index is 13.6. The third-order valence-corrected chi connectivity index (χ3v) is 8.15. The Morgan fingerprint density at radius 2 is 1.65 bits per heavy atom. The van der Waals surface area contributed by atoms with E-state index < -0.39 is 5.60 Å². The van der Waals surface area contributed by atoms with Gasteiger partial charge < -0.3 is 14.4 Å². The van der Waals surface area contributed by atoms with E-state index in [1.54, 1.807) is 29.0 Å². The molecule has 3 saturated carbocycles. The second-order valence-electron chi connectivity index (χ2n) is 10.5. The van der Waals surface area contributed by atoms with E-state index in [1.165, 1.54) is 17.7 Å². The molecule has 1 atom stereocenters. The molecule has 0 radical (unpaired) electrons. The van der Waals surface area contributed by atoms with Gasteiger partial charge in [-0.3, -0.25) is 4.90 Å². The van der Waals surface area contributed by atoms with Crippen molar-refractivity contribution in [2.24, 2.45) is 0 Å². The van der Waals surface area contributed by atoms with E-state index in [9.17, 15) is 14.0 Å². The van der Waals surface area contributed by atoms with Gasteiger partial charge in [0.15, 0.2) is 0 Å². The number of fused-ring (bicyclic) bond motifs is 1. The molecular formula is C30H29FN2O4. The van der Waals surface area contributed by atoms with Crippen molar-refractivity contribution in [3.63, 3.8) is 0 Å². The highest BCUT2D eigenvalue weighted by molar-refractivity contribution is 5.73. The van der Waals surface area contributed by atoms with Crippen LogP contribution in [0.1, 0.15) is 47.6 Å². The Morgan fingerprint density at radius 3 is 2.38 bits per heavy atom. The molecule has 0 aromatic heterocycles. The molecule has 3 aliphatic carbocycles. The molecule has 7 rings (SSSR count). The molecule has 37 heavy (non-hydrogen) atoms. The highest BCUT2D eigenvalue weighted by Gasteiger charge is 2.74. The van der Waals surface area contributed by atoms with Gasteiger partial charge in [0.2, 0.25) is 0 Å². The van der Waals surface area contributed by atoms with E-state index in [0.717, 1.165) is 23.1 Å². The van der Waals surface area contributed by atoms with Crippen LogP contribution in [0.2, 0.25) is 0 Å². The standard InChI is InChI=1S/C30H29FN2O4/c1-32(27(34)36-17-21-7-3-2-4-8-21)29-18-30(19-29,20-29)37-28(35)33-16-15-22-9-5-6-10-25(22)26(33)23-11-13-24(31)14-12-23/h2-14,26H,15-20H2,1H3/t26-,29?,30?/m0/s1. The third-order valence-electron chi connectivity index (χ3n) is 8.15. The van der Waals surface area contributed by atoms with E-state index >= 15 is 0 Å². The monoisotopic (exact) mass is 500 g/mol. The zero-order valence-electron chi connectivity index (χ0n) is 20.7. The summed E-state index contributed by atoms with van der Waals surface area (Å²) in [6.07, 6.45) is 1.81. The van der Waals surface area contributed by atoms with Gasteiger partial charge in [0, 0.05) is 32.9 Å². The van der Waals surface area contributed by atoms with Gasteiger partial charge >= 0.3 is 12.2 Å². The summed E-state index contributed by atoms with van der Waals surface area (Å²) in [7, 11) is 1.75. The van der Waals surface area contributed by atoms with E-state index in [2.05, 4.69) is 6.07 Å². The normalized spacial score (nSPS) is 25.2. The lowest BCUT2D eigenvalue weighted by molar-refractivity contribution is -0.255. The van der Waals surface area contributed by atoms with Crippen LogP contribution in [-0.2, 0) is 22.5 Å². The van der Waals surface area contributed by atoms with Crippen LogP contribution in [0.25, 0.3) is 0 Å². The van der Waals surface area contributed by atoms with Crippen molar-refractivity contribution in [1.29, 1.82) is 0 Å². The number of halogens is 1. The SMILES string of the molecule is CN(C(=O)OCc1ccccc1)C12CC(OC(=O)N3CCc4ccccc4[C@@H]3c3ccc(F)cc3)(C1)C2. The minimum Gasteiger partial charge on any atom is -0.445 e. The van der Waals surface area contributed by atoms with Crippen molar-refractivity contribution in [3.05, 3.63) is 107 Å². The highest BCUT2D eigenvalue weighted by Crippen LogP contribution is 2.65. The van der Waals surface area contributed by atoms with Crippen LogP contribution in [0.4, 0.5) is 14.0 Å². The van der Waals surface area contributed by atoms with Crippen LogP contribution in [-0.4, -0.2) is 46.7 Å². The number of benzene rings is 3. The molecule has 1 heterocycles. The van der Waals surface area contributed by atoms with Crippen LogP contribution < -0.4 is 0 Å². The molecule has 0 spiro atoms. The van der Waals surface area contributed by atoms with Crippen molar-refractivity contribution >= 4 is 12.2 Å². The van der Waals surface area contributed by atoms with Gasteiger partial charge in [0.25, 0.3) is 0 Å². The van der Waals surface area contributed by atoms with E-state index in [4.69, 9.17) is 9.47 Å². The molecule has 190 valence electrons. The molecule has 3 aromatic carbocycles. The summed E-state index contributed by atoms with van der Waals surface area (Å²) in [5.74, 6) is -0.312. The second-order valence-corrected chi connectivity index (χ2v) is 10.5.